The van der Waals surface area contributed by atoms with Crippen LogP contribution in [0.2, 0.25) is 0 Å². The summed E-state index contributed by atoms with van der Waals surface area (Å²) in [7, 11) is 0. The average Bonchev–Trinajstić information content (AvgIpc) is 2.88. The monoisotopic (exact) mass is 350 g/mol. The first kappa shape index (κ1) is 16.3. The molecule has 0 unspecified atom stereocenters. The maximum atomic E-state index is 12.4. The number of alkyl halides is 1. The fraction of sp³-hybridized carbons (Fsp3) is 0.412. The molecule has 0 bridgehead atoms. The molecule has 0 radical (unpaired) electrons. The molecule has 1 aromatic carbocycles. The van der Waals surface area contributed by atoms with Gasteiger partial charge in [0.1, 0.15) is 12.5 Å². The van der Waals surface area contributed by atoms with Gasteiger partial charge in [0.25, 0.3) is 0 Å². The second-order valence-electron chi connectivity index (χ2n) is 5.79. The molecule has 0 fully saturated rings. The highest BCUT2D eigenvalue weighted by molar-refractivity contribution is 7.16. The van der Waals surface area contributed by atoms with Crippen LogP contribution in [0.5, 0.6) is 0 Å². The Balaban J connectivity index is 2.03. The van der Waals surface area contributed by atoms with Gasteiger partial charge in [-0.2, -0.15) is 0 Å². The number of hydrogen-bond donors (Lipinski definition) is 0. The van der Waals surface area contributed by atoms with E-state index in [1.165, 1.54) is 16.9 Å². The molecule has 1 aliphatic rings. The van der Waals surface area contributed by atoms with Crippen molar-refractivity contribution < 1.29 is 4.79 Å². The van der Waals surface area contributed by atoms with E-state index in [0.717, 1.165) is 41.6 Å². The van der Waals surface area contributed by atoms with Gasteiger partial charge in [0.2, 0.25) is 5.91 Å². The van der Waals surface area contributed by atoms with Crippen LogP contribution in [-0.4, -0.2) is 21.3 Å². The zero-order valence-corrected chi connectivity index (χ0v) is 14.6. The minimum Gasteiger partial charge on any atom is -0.296 e. The van der Waals surface area contributed by atoms with E-state index in [9.17, 15) is 9.59 Å². The fourth-order valence-electron chi connectivity index (χ4n) is 3.08. The molecule has 1 amide bonds. The first-order valence-electron chi connectivity index (χ1n) is 7.75. The molecule has 0 aliphatic heterocycles. The highest BCUT2D eigenvalue weighted by Crippen LogP contribution is 2.28. The van der Waals surface area contributed by atoms with Crippen LogP contribution in [0.4, 0.5) is 0 Å². The second kappa shape index (κ2) is 6.89. The van der Waals surface area contributed by atoms with Crippen LogP contribution >= 0.6 is 22.9 Å². The van der Waals surface area contributed by atoms with Gasteiger partial charge < -0.3 is 0 Å². The van der Waals surface area contributed by atoms with Gasteiger partial charge in [0.05, 0.1) is 10.2 Å². The quantitative estimate of drug-likeness (QED) is 0.784. The number of benzene rings is 1. The molecule has 2 aromatic rings. The molecule has 0 atom stereocenters. The number of hydrogen-bond acceptors (Lipinski definition) is 3. The SMILES string of the molecule is CC1=C(N(Cn2c(=O)sc3ccccc32)C(=O)CCl)CCCC1. The maximum absolute atomic E-state index is 12.4. The van der Waals surface area contributed by atoms with Gasteiger partial charge in [-0.05, 0) is 44.7 Å². The lowest BCUT2D eigenvalue weighted by Crippen LogP contribution is -2.36. The van der Waals surface area contributed by atoms with Crippen LogP contribution in [-0.2, 0) is 11.5 Å². The largest absolute Gasteiger partial charge is 0.309 e. The summed E-state index contributed by atoms with van der Waals surface area (Å²) in [6, 6.07) is 7.66. The number of aromatic nitrogens is 1. The highest BCUT2D eigenvalue weighted by atomic mass is 35.5. The maximum Gasteiger partial charge on any atom is 0.309 e. The summed E-state index contributed by atoms with van der Waals surface area (Å²) in [5, 5.41) is 0. The Bertz CT molecular complexity index is 821. The molecular weight excluding hydrogens is 332 g/mol. The third kappa shape index (κ3) is 3.21. The topological polar surface area (TPSA) is 42.3 Å². The molecule has 0 N–H and O–H groups in total. The smallest absolute Gasteiger partial charge is 0.296 e. The molecule has 0 spiro atoms. The van der Waals surface area contributed by atoms with E-state index in [4.69, 9.17) is 11.6 Å². The number of allylic oxidation sites excluding steroid dienone is 2. The molecule has 6 heteroatoms. The van der Waals surface area contributed by atoms with Crippen LogP contribution in [0.3, 0.4) is 0 Å². The van der Waals surface area contributed by atoms with E-state index in [2.05, 4.69) is 6.92 Å². The van der Waals surface area contributed by atoms with E-state index in [-0.39, 0.29) is 23.3 Å². The van der Waals surface area contributed by atoms with Crippen LogP contribution in [0, 0.1) is 0 Å². The van der Waals surface area contributed by atoms with Gasteiger partial charge >= 0.3 is 4.87 Å². The number of carbonyl (C=O) groups excluding carboxylic acids is 1. The molecule has 4 nitrogen and oxygen atoms in total. The lowest BCUT2D eigenvalue weighted by molar-refractivity contribution is -0.128. The third-order valence-electron chi connectivity index (χ3n) is 4.31. The van der Waals surface area contributed by atoms with Gasteiger partial charge in [0.15, 0.2) is 0 Å². The van der Waals surface area contributed by atoms with Crippen LogP contribution in [0.25, 0.3) is 10.2 Å². The van der Waals surface area contributed by atoms with Crippen molar-refractivity contribution >= 4 is 39.1 Å². The molecule has 1 heterocycles. The molecule has 122 valence electrons. The summed E-state index contributed by atoms with van der Waals surface area (Å²) < 4.78 is 2.60. The molecular formula is C17H19ClN2O2S. The molecule has 0 saturated heterocycles. The first-order chi connectivity index (χ1) is 11.1. The van der Waals surface area contributed by atoms with Gasteiger partial charge in [-0.3, -0.25) is 19.1 Å². The lowest BCUT2D eigenvalue weighted by Gasteiger charge is -2.29. The summed E-state index contributed by atoms with van der Waals surface area (Å²) >= 11 is 7.02. The van der Waals surface area contributed by atoms with Gasteiger partial charge in [-0.15, -0.1) is 11.6 Å². The Kier molecular flexibility index (Phi) is 4.87. The number of para-hydroxylation sites is 1. The van der Waals surface area contributed by atoms with E-state index in [0.29, 0.717) is 0 Å². The minimum atomic E-state index is -0.148. The zero-order chi connectivity index (χ0) is 16.4. The number of amides is 1. The Morgan fingerprint density at radius 1 is 1.30 bits per heavy atom. The van der Waals surface area contributed by atoms with Crippen molar-refractivity contribution in [3.05, 3.63) is 45.2 Å². The second-order valence-corrected chi connectivity index (χ2v) is 7.06. The van der Waals surface area contributed by atoms with Crippen molar-refractivity contribution in [2.45, 2.75) is 39.3 Å². The summed E-state index contributed by atoms with van der Waals surface area (Å²) in [4.78, 5) is 26.4. The van der Waals surface area contributed by atoms with Gasteiger partial charge in [0, 0.05) is 5.70 Å². The Morgan fingerprint density at radius 3 is 2.78 bits per heavy atom. The van der Waals surface area contributed by atoms with E-state index in [1.807, 2.05) is 24.3 Å². The molecule has 3 rings (SSSR count). The van der Waals surface area contributed by atoms with Crippen molar-refractivity contribution in [2.24, 2.45) is 0 Å². The molecule has 1 aromatic heterocycles. The predicted molar refractivity (Wildman–Crippen MR) is 94.8 cm³/mol. The highest BCUT2D eigenvalue weighted by Gasteiger charge is 2.23. The van der Waals surface area contributed by atoms with Gasteiger partial charge in [-0.1, -0.05) is 29.0 Å². The van der Waals surface area contributed by atoms with E-state index >= 15 is 0 Å². The average molecular weight is 351 g/mol. The first-order valence-corrected chi connectivity index (χ1v) is 9.10. The number of carbonyl (C=O) groups is 1. The van der Waals surface area contributed by atoms with Crippen molar-refractivity contribution in [2.75, 3.05) is 5.88 Å². The lowest BCUT2D eigenvalue weighted by atomic mass is 9.96. The Hall–Kier alpha value is -1.59. The van der Waals surface area contributed by atoms with E-state index in [1.54, 1.807) is 9.47 Å². The fourth-order valence-corrected chi connectivity index (χ4v) is 4.11. The summed E-state index contributed by atoms with van der Waals surface area (Å²) in [5.41, 5.74) is 3.12. The Labute approximate surface area is 144 Å². The van der Waals surface area contributed by atoms with Crippen LogP contribution in [0.15, 0.2) is 40.3 Å². The van der Waals surface area contributed by atoms with Crippen molar-refractivity contribution in [3.8, 4) is 0 Å². The molecule has 23 heavy (non-hydrogen) atoms. The van der Waals surface area contributed by atoms with Crippen molar-refractivity contribution in [1.29, 1.82) is 0 Å². The van der Waals surface area contributed by atoms with E-state index < -0.39 is 0 Å². The number of thiazole rings is 1. The number of rotatable bonds is 4. The summed E-state index contributed by atoms with van der Waals surface area (Å²) in [5.74, 6) is -0.224. The standard InChI is InChI=1S/C17H19ClN2O2S/c1-12-6-2-3-7-13(12)19(16(21)10-18)11-20-14-8-4-5-9-15(14)23-17(20)22/h4-5,8-9H,2-3,6-7,10-11H2,1H3. The minimum absolute atomic E-state index is 0.0485. The normalized spacial score (nSPS) is 15.2. The van der Waals surface area contributed by atoms with Crippen LogP contribution in [0.1, 0.15) is 32.6 Å². The van der Waals surface area contributed by atoms with Gasteiger partial charge in [-0.25, -0.2) is 0 Å². The van der Waals surface area contributed by atoms with Crippen molar-refractivity contribution in [1.82, 2.24) is 9.47 Å². The zero-order valence-electron chi connectivity index (χ0n) is 13.0. The van der Waals surface area contributed by atoms with Crippen molar-refractivity contribution in [3.63, 3.8) is 0 Å². The third-order valence-corrected chi connectivity index (χ3v) is 5.49. The number of fused-ring (bicyclic) bond motifs is 1. The number of nitrogens with zero attached hydrogens (tertiary/aromatic N) is 2. The summed E-state index contributed by atoms with van der Waals surface area (Å²) in [6.07, 6.45) is 4.09. The molecule has 1 aliphatic carbocycles. The predicted octanol–water partition coefficient (Wildman–Crippen LogP) is 3.94. The summed E-state index contributed by atoms with van der Waals surface area (Å²) in [6.45, 7) is 2.30. The molecule has 0 saturated carbocycles. The number of halogens is 1. The van der Waals surface area contributed by atoms with Crippen LogP contribution < -0.4 is 4.87 Å². The Morgan fingerprint density at radius 2 is 2.04 bits per heavy atom.